The van der Waals surface area contributed by atoms with E-state index in [1.165, 1.54) is 0 Å². The summed E-state index contributed by atoms with van der Waals surface area (Å²) in [5.41, 5.74) is 21.0. The predicted molar refractivity (Wildman–Crippen MR) is 130 cm³/mol. The summed E-state index contributed by atoms with van der Waals surface area (Å²) in [6.07, 6.45) is 0. The average Bonchev–Trinajstić information content (AvgIpc) is 3.19. The zero-order valence-corrected chi connectivity index (χ0v) is 19.3. The van der Waals surface area contributed by atoms with Crippen molar-refractivity contribution in [3.05, 3.63) is 81.4 Å². The number of nitrogen functional groups attached to an aromatic ring is 1. The third kappa shape index (κ3) is 3.09. The van der Waals surface area contributed by atoms with E-state index in [-0.39, 0.29) is 10.4 Å². The van der Waals surface area contributed by atoms with Gasteiger partial charge in [0.25, 0.3) is 0 Å². The zero-order chi connectivity index (χ0) is 24.4. The van der Waals surface area contributed by atoms with Crippen LogP contribution < -0.4 is 21.9 Å². The number of aromatic nitrogens is 1. The van der Waals surface area contributed by atoms with Crippen LogP contribution in [0.25, 0.3) is 10.1 Å². The number of aromatic carboxylic acids is 1. The lowest BCUT2D eigenvalue weighted by Crippen LogP contribution is -2.52. The highest BCUT2D eigenvalue weighted by atomic mass is 32.1. The molecule has 0 amide bonds. The summed E-state index contributed by atoms with van der Waals surface area (Å²) < 4.78 is 6.44. The molecule has 2 aromatic heterocycles. The molecule has 8 nitrogen and oxygen atoms in total. The first-order valence-electron chi connectivity index (χ1n) is 10.5. The SMILES string of the molecule is Cc1cccc(Oc2ccc(C3(N)C(=O)C(N)c4c(C(=O)O)sc5c(N)ccc3c45)c(C)c2)n1. The van der Waals surface area contributed by atoms with E-state index >= 15 is 0 Å². The first-order valence-corrected chi connectivity index (χ1v) is 11.3. The number of Topliss-reactive ketones (excluding diaryl/α,β-unsaturated/α-hetero) is 1. The second-order valence-corrected chi connectivity index (χ2v) is 9.42. The Kier molecular flexibility index (Phi) is 4.94. The van der Waals surface area contributed by atoms with E-state index in [0.29, 0.717) is 38.5 Å². The van der Waals surface area contributed by atoms with Crippen molar-refractivity contribution in [2.24, 2.45) is 11.5 Å². The maximum Gasteiger partial charge on any atom is 0.346 e. The summed E-state index contributed by atoms with van der Waals surface area (Å²) >= 11 is 1.01. The second-order valence-electron chi connectivity index (χ2n) is 8.40. The minimum absolute atomic E-state index is 0.00294. The van der Waals surface area contributed by atoms with E-state index in [4.69, 9.17) is 21.9 Å². The number of carbonyl (C=O) groups excluding carboxylic acids is 1. The molecule has 0 fully saturated rings. The molecule has 1 aliphatic rings. The van der Waals surface area contributed by atoms with Crippen LogP contribution in [0.2, 0.25) is 0 Å². The van der Waals surface area contributed by atoms with Crippen LogP contribution >= 0.6 is 11.3 Å². The molecule has 7 N–H and O–H groups in total. The fourth-order valence-corrected chi connectivity index (χ4v) is 5.79. The van der Waals surface area contributed by atoms with Crippen molar-refractivity contribution in [1.29, 1.82) is 0 Å². The largest absolute Gasteiger partial charge is 0.477 e. The Morgan fingerprint density at radius 2 is 1.88 bits per heavy atom. The van der Waals surface area contributed by atoms with Gasteiger partial charge in [0.2, 0.25) is 5.88 Å². The Balaban J connectivity index is 1.68. The summed E-state index contributed by atoms with van der Waals surface area (Å²) in [6, 6.07) is 12.9. The number of benzene rings is 2. The van der Waals surface area contributed by atoms with Crippen LogP contribution in [0, 0.1) is 13.8 Å². The van der Waals surface area contributed by atoms with E-state index < -0.39 is 23.3 Å². The maximum atomic E-state index is 13.7. The maximum absolute atomic E-state index is 13.7. The van der Waals surface area contributed by atoms with Crippen molar-refractivity contribution in [3.8, 4) is 11.6 Å². The molecule has 2 atom stereocenters. The van der Waals surface area contributed by atoms with Crippen molar-refractivity contribution in [2.75, 3.05) is 5.73 Å². The van der Waals surface area contributed by atoms with Gasteiger partial charge < -0.3 is 27.0 Å². The summed E-state index contributed by atoms with van der Waals surface area (Å²) in [5, 5.41) is 10.3. The van der Waals surface area contributed by atoms with Gasteiger partial charge in [0.05, 0.1) is 10.7 Å². The van der Waals surface area contributed by atoms with Gasteiger partial charge in [0.1, 0.15) is 16.2 Å². The third-order valence-corrected chi connectivity index (χ3v) is 7.46. The lowest BCUT2D eigenvalue weighted by molar-refractivity contribution is -0.124. The summed E-state index contributed by atoms with van der Waals surface area (Å²) in [5.74, 6) is -0.641. The molecule has 4 aromatic rings. The molecule has 0 radical (unpaired) electrons. The van der Waals surface area contributed by atoms with Gasteiger partial charge in [-0.05, 0) is 54.8 Å². The van der Waals surface area contributed by atoms with E-state index in [2.05, 4.69) is 4.98 Å². The Morgan fingerprint density at radius 3 is 2.56 bits per heavy atom. The molecule has 9 heteroatoms. The Morgan fingerprint density at radius 1 is 1.15 bits per heavy atom. The van der Waals surface area contributed by atoms with Gasteiger partial charge in [-0.1, -0.05) is 18.2 Å². The van der Waals surface area contributed by atoms with Crippen LogP contribution in [0.5, 0.6) is 11.6 Å². The molecule has 34 heavy (non-hydrogen) atoms. The second kappa shape index (κ2) is 7.63. The van der Waals surface area contributed by atoms with Crippen molar-refractivity contribution < 1.29 is 19.4 Å². The Hall–Kier alpha value is -3.79. The number of carbonyl (C=O) groups is 2. The van der Waals surface area contributed by atoms with Gasteiger partial charge in [0.15, 0.2) is 5.78 Å². The number of hydrogen-bond donors (Lipinski definition) is 4. The smallest absolute Gasteiger partial charge is 0.346 e. The number of rotatable bonds is 4. The van der Waals surface area contributed by atoms with Crippen molar-refractivity contribution in [3.63, 3.8) is 0 Å². The molecule has 2 heterocycles. The predicted octanol–water partition coefficient (Wildman–Crippen LogP) is 3.77. The van der Waals surface area contributed by atoms with Crippen LogP contribution in [0.4, 0.5) is 5.69 Å². The highest BCUT2D eigenvalue weighted by Crippen LogP contribution is 2.50. The van der Waals surface area contributed by atoms with Gasteiger partial charge in [-0.15, -0.1) is 11.3 Å². The van der Waals surface area contributed by atoms with Crippen LogP contribution in [0.1, 0.15) is 43.7 Å². The van der Waals surface area contributed by atoms with Gasteiger partial charge in [0, 0.05) is 28.4 Å². The van der Waals surface area contributed by atoms with E-state index in [1.54, 1.807) is 36.4 Å². The number of nitrogens with zero attached hydrogens (tertiary/aromatic N) is 1. The molecule has 5 rings (SSSR count). The van der Waals surface area contributed by atoms with Gasteiger partial charge in [-0.2, -0.15) is 0 Å². The molecule has 0 saturated heterocycles. The van der Waals surface area contributed by atoms with Gasteiger partial charge in [-0.25, -0.2) is 9.78 Å². The minimum Gasteiger partial charge on any atom is -0.477 e. The summed E-state index contributed by atoms with van der Waals surface area (Å²) in [4.78, 5) is 29.9. The number of pyridine rings is 1. The first-order chi connectivity index (χ1) is 16.1. The third-order valence-electron chi connectivity index (χ3n) is 6.22. The average molecular weight is 475 g/mol. The highest BCUT2D eigenvalue weighted by molar-refractivity contribution is 7.21. The zero-order valence-electron chi connectivity index (χ0n) is 18.5. The number of ketones is 1. The lowest BCUT2D eigenvalue weighted by Gasteiger charge is -2.37. The number of carboxylic acids is 1. The number of hydrogen-bond acceptors (Lipinski definition) is 8. The summed E-state index contributed by atoms with van der Waals surface area (Å²) in [6.45, 7) is 3.71. The normalized spacial score (nSPS) is 19.4. The number of thiophene rings is 1. The molecule has 2 aromatic carbocycles. The van der Waals surface area contributed by atoms with Crippen LogP contribution in [0.3, 0.4) is 0 Å². The monoisotopic (exact) mass is 474 g/mol. The van der Waals surface area contributed by atoms with E-state index in [9.17, 15) is 14.7 Å². The Bertz CT molecular complexity index is 1510. The van der Waals surface area contributed by atoms with E-state index in [0.717, 1.165) is 22.6 Å². The molecule has 2 unspecified atom stereocenters. The van der Waals surface area contributed by atoms with Crippen LogP contribution in [-0.4, -0.2) is 21.8 Å². The van der Waals surface area contributed by atoms with Gasteiger partial charge in [-0.3, -0.25) is 4.79 Å². The summed E-state index contributed by atoms with van der Waals surface area (Å²) in [7, 11) is 0. The fourth-order valence-electron chi connectivity index (χ4n) is 4.66. The molecule has 0 bridgehead atoms. The molecular weight excluding hydrogens is 452 g/mol. The minimum atomic E-state index is -1.58. The quantitative estimate of drug-likeness (QED) is 0.326. The fraction of sp³-hybridized carbons (Fsp3) is 0.160. The van der Waals surface area contributed by atoms with Gasteiger partial charge >= 0.3 is 5.97 Å². The molecule has 1 aliphatic carbocycles. The van der Waals surface area contributed by atoms with Crippen LogP contribution in [-0.2, 0) is 10.3 Å². The first kappa shape index (κ1) is 22.0. The van der Waals surface area contributed by atoms with Crippen molar-refractivity contribution in [2.45, 2.75) is 25.4 Å². The standard InChI is InChI=1S/C25H22N4O4S/c1-11-10-13(33-17-5-3-4-12(2)29-17)6-7-14(11)25(28)15-8-9-16(26)21-18(15)19(20(27)23(25)30)22(34-21)24(31)32/h3-10,20H,26-28H2,1-2H3,(H,31,32). The molecular formula is C25H22N4O4S. The number of nitrogens with two attached hydrogens (primary N) is 3. The molecule has 172 valence electrons. The lowest BCUT2D eigenvalue weighted by atomic mass is 9.69. The molecule has 0 spiro atoms. The number of ether oxygens (including phenoxy) is 1. The topological polar surface area (TPSA) is 155 Å². The van der Waals surface area contributed by atoms with Crippen LogP contribution in [0.15, 0.2) is 48.5 Å². The number of aryl methyl sites for hydroxylation is 2. The molecule has 0 aliphatic heterocycles. The number of anilines is 1. The van der Waals surface area contributed by atoms with Crippen molar-refractivity contribution >= 4 is 38.9 Å². The highest BCUT2D eigenvalue weighted by Gasteiger charge is 2.49. The number of carboxylic acid groups (broad SMARTS) is 1. The molecule has 0 saturated carbocycles. The van der Waals surface area contributed by atoms with Crippen molar-refractivity contribution in [1.82, 2.24) is 4.98 Å². The Labute approximate surface area is 199 Å². The van der Waals surface area contributed by atoms with E-state index in [1.807, 2.05) is 26.0 Å².